The molecule has 0 aliphatic heterocycles. The molecule has 1 rings (SSSR count). The maximum atomic E-state index is 11.2. The van der Waals surface area contributed by atoms with Crippen LogP contribution in [0.2, 0.25) is 0 Å². The molecule has 0 radical (unpaired) electrons. The van der Waals surface area contributed by atoms with Crippen LogP contribution in [-0.2, 0) is 10.2 Å². The highest BCUT2D eigenvalue weighted by Crippen LogP contribution is 2.21. The number of phenolic OH excluding ortho intramolecular Hbond substituents is 1. The normalized spacial score (nSPS) is 11.2. The lowest BCUT2D eigenvalue weighted by Gasteiger charge is -2.08. The zero-order chi connectivity index (χ0) is 10.6. The molecule has 0 atom stereocenters. The van der Waals surface area contributed by atoms with Crippen LogP contribution < -0.4 is 9.44 Å². The smallest absolute Gasteiger partial charge is 0.299 e. The molecule has 3 N–H and O–H groups in total. The molecule has 0 saturated heterocycles. The molecule has 1 aromatic rings. The maximum Gasteiger partial charge on any atom is 0.299 e. The molecule has 0 heterocycles. The van der Waals surface area contributed by atoms with E-state index in [4.69, 9.17) is 0 Å². The van der Waals surface area contributed by atoms with Gasteiger partial charge < -0.3 is 5.11 Å². The summed E-state index contributed by atoms with van der Waals surface area (Å²) in [5.74, 6) is -0.103. The molecule has 0 aliphatic rings. The van der Waals surface area contributed by atoms with E-state index < -0.39 is 10.2 Å². The molecule has 5 nitrogen and oxygen atoms in total. The van der Waals surface area contributed by atoms with Gasteiger partial charge in [0.1, 0.15) is 5.75 Å². The Morgan fingerprint density at radius 1 is 1.36 bits per heavy atom. The molecule has 0 aliphatic carbocycles. The predicted octanol–water partition coefficient (Wildman–Crippen LogP) is 0.658. The maximum absolute atomic E-state index is 11.2. The van der Waals surface area contributed by atoms with Crippen LogP contribution in [0, 0.1) is 0 Å². The number of hydrogen-bond acceptors (Lipinski definition) is 3. The first-order valence-electron chi connectivity index (χ1n) is 4.10. The van der Waals surface area contributed by atoms with Gasteiger partial charge in [0, 0.05) is 6.54 Å². The summed E-state index contributed by atoms with van der Waals surface area (Å²) in [6, 6.07) is 6.12. The van der Waals surface area contributed by atoms with Crippen molar-refractivity contribution in [3.63, 3.8) is 0 Å². The van der Waals surface area contributed by atoms with Gasteiger partial charge in [0.25, 0.3) is 10.2 Å². The van der Waals surface area contributed by atoms with Gasteiger partial charge in [0.15, 0.2) is 0 Å². The number of aromatic hydroxyl groups is 1. The van der Waals surface area contributed by atoms with Crippen molar-refractivity contribution >= 4 is 15.9 Å². The molecule has 14 heavy (non-hydrogen) atoms. The summed E-state index contributed by atoms with van der Waals surface area (Å²) in [6.07, 6.45) is 0. The molecular formula is C8H12N2O3S. The van der Waals surface area contributed by atoms with Crippen LogP contribution in [0.1, 0.15) is 6.92 Å². The average molecular weight is 216 g/mol. The van der Waals surface area contributed by atoms with Crippen LogP contribution in [0.5, 0.6) is 5.75 Å². The fourth-order valence-electron chi connectivity index (χ4n) is 0.931. The molecule has 0 spiro atoms. The van der Waals surface area contributed by atoms with Crippen LogP contribution in [0.3, 0.4) is 0 Å². The van der Waals surface area contributed by atoms with E-state index in [1.165, 1.54) is 12.1 Å². The van der Waals surface area contributed by atoms with E-state index in [1.807, 2.05) is 0 Å². The number of rotatable bonds is 4. The van der Waals surface area contributed by atoms with Crippen molar-refractivity contribution < 1.29 is 13.5 Å². The number of para-hydroxylation sites is 2. The highest BCUT2D eigenvalue weighted by Gasteiger charge is 2.09. The van der Waals surface area contributed by atoms with E-state index in [0.717, 1.165) is 0 Å². The summed E-state index contributed by atoms with van der Waals surface area (Å²) in [4.78, 5) is 0. The van der Waals surface area contributed by atoms with Crippen molar-refractivity contribution in [3.05, 3.63) is 24.3 Å². The zero-order valence-corrected chi connectivity index (χ0v) is 8.50. The Kier molecular flexibility index (Phi) is 3.32. The molecule has 0 amide bonds. The largest absolute Gasteiger partial charge is 0.506 e. The highest BCUT2D eigenvalue weighted by molar-refractivity contribution is 7.90. The number of phenols is 1. The van der Waals surface area contributed by atoms with Crippen LogP contribution in [0.4, 0.5) is 5.69 Å². The minimum absolute atomic E-state index is 0.103. The molecule has 1 aromatic carbocycles. The van der Waals surface area contributed by atoms with Gasteiger partial charge in [0.2, 0.25) is 0 Å². The van der Waals surface area contributed by atoms with E-state index in [0.29, 0.717) is 6.54 Å². The van der Waals surface area contributed by atoms with Crippen molar-refractivity contribution in [2.24, 2.45) is 0 Å². The lowest BCUT2D eigenvalue weighted by atomic mass is 10.3. The Bertz CT molecular complexity index is 403. The monoisotopic (exact) mass is 216 g/mol. The van der Waals surface area contributed by atoms with Crippen LogP contribution in [-0.4, -0.2) is 20.1 Å². The van der Waals surface area contributed by atoms with Crippen molar-refractivity contribution in [3.8, 4) is 5.75 Å². The zero-order valence-electron chi connectivity index (χ0n) is 7.69. The molecule has 0 aromatic heterocycles. The summed E-state index contributed by atoms with van der Waals surface area (Å²) >= 11 is 0. The van der Waals surface area contributed by atoms with E-state index in [-0.39, 0.29) is 11.4 Å². The summed E-state index contributed by atoms with van der Waals surface area (Å²) < 4.78 is 26.9. The summed E-state index contributed by atoms with van der Waals surface area (Å²) in [5, 5.41) is 9.29. The van der Waals surface area contributed by atoms with E-state index in [1.54, 1.807) is 19.1 Å². The molecule has 0 bridgehead atoms. The third-order valence-electron chi connectivity index (χ3n) is 1.48. The summed E-state index contributed by atoms with van der Waals surface area (Å²) in [6.45, 7) is 1.97. The Labute approximate surface area is 83.0 Å². The molecule has 0 fully saturated rings. The Balaban J connectivity index is 2.84. The van der Waals surface area contributed by atoms with Crippen molar-refractivity contribution in [2.75, 3.05) is 11.3 Å². The molecular weight excluding hydrogens is 204 g/mol. The van der Waals surface area contributed by atoms with Gasteiger partial charge in [-0.15, -0.1) is 0 Å². The number of anilines is 1. The second kappa shape index (κ2) is 4.30. The van der Waals surface area contributed by atoms with Crippen molar-refractivity contribution in [1.82, 2.24) is 4.72 Å². The predicted molar refractivity (Wildman–Crippen MR) is 54.3 cm³/mol. The molecule has 0 unspecified atom stereocenters. The van der Waals surface area contributed by atoms with Gasteiger partial charge in [-0.1, -0.05) is 19.1 Å². The fraction of sp³-hybridized carbons (Fsp3) is 0.250. The van der Waals surface area contributed by atoms with Crippen molar-refractivity contribution in [1.29, 1.82) is 0 Å². The van der Waals surface area contributed by atoms with Gasteiger partial charge in [0.05, 0.1) is 5.69 Å². The van der Waals surface area contributed by atoms with Crippen LogP contribution in [0.15, 0.2) is 24.3 Å². The lowest BCUT2D eigenvalue weighted by Crippen LogP contribution is -2.29. The number of nitrogens with one attached hydrogen (secondary N) is 2. The lowest BCUT2D eigenvalue weighted by molar-refractivity contribution is 0.477. The molecule has 0 saturated carbocycles. The first kappa shape index (κ1) is 10.8. The van der Waals surface area contributed by atoms with Gasteiger partial charge in [-0.3, -0.25) is 4.72 Å². The SMILES string of the molecule is CCNS(=O)(=O)Nc1ccccc1O. The van der Waals surface area contributed by atoms with Crippen LogP contribution >= 0.6 is 0 Å². The van der Waals surface area contributed by atoms with E-state index in [2.05, 4.69) is 9.44 Å². The Hall–Kier alpha value is -1.27. The second-order valence-electron chi connectivity index (χ2n) is 2.62. The van der Waals surface area contributed by atoms with E-state index >= 15 is 0 Å². The summed E-state index contributed by atoms with van der Waals surface area (Å²) in [7, 11) is -3.57. The van der Waals surface area contributed by atoms with Gasteiger partial charge in [-0.2, -0.15) is 13.1 Å². The van der Waals surface area contributed by atoms with Gasteiger partial charge in [-0.25, -0.2) is 0 Å². The fourth-order valence-corrected chi connectivity index (χ4v) is 1.85. The third-order valence-corrected chi connectivity index (χ3v) is 2.64. The molecule has 78 valence electrons. The minimum Gasteiger partial charge on any atom is -0.506 e. The van der Waals surface area contributed by atoms with E-state index in [9.17, 15) is 13.5 Å². The topological polar surface area (TPSA) is 78.4 Å². The highest BCUT2D eigenvalue weighted by atomic mass is 32.2. The quantitative estimate of drug-likeness (QED) is 0.647. The van der Waals surface area contributed by atoms with Crippen LogP contribution in [0.25, 0.3) is 0 Å². The standard InChI is InChI=1S/C8H12N2O3S/c1-2-9-14(12,13)10-7-5-3-4-6-8(7)11/h3-6,9-11H,2H2,1H3. The minimum atomic E-state index is -3.57. The third kappa shape index (κ3) is 2.90. The Morgan fingerprint density at radius 2 is 2.00 bits per heavy atom. The average Bonchev–Trinajstić information content (AvgIpc) is 2.08. The second-order valence-corrected chi connectivity index (χ2v) is 4.12. The summed E-state index contributed by atoms with van der Waals surface area (Å²) in [5.41, 5.74) is 0.161. The Morgan fingerprint density at radius 3 is 2.57 bits per heavy atom. The molecule has 6 heteroatoms. The van der Waals surface area contributed by atoms with Crippen molar-refractivity contribution in [2.45, 2.75) is 6.92 Å². The number of hydrogen-bond donors (Lipinski definition) is 3. The first-order valence-corrected chi connectivity index (χ1v) is 5.59. The van der Waals surface area contributed by atoms with Gasteiger partial charge >= 0.3 is 0 Å². The first-order chi connectivity index (χ1) is 6.55. The number of benzene rings is 1. The van der Waals surface area contributed by atoms with Gasteiger partial charge in [-0.05, 0) is 12.1 Å².